The van der Waals surface area contributed by atoms with E-state index in [4.69, 9.17) is 15.2 Å². The lowest BCUT2D eigenvalue weighted by atomic mass is 10.0. The summed E-state index contributed by atoms with van der Waals surface area (Å²) < 4.78 is 11.0. The average Bonchev–Trinajstić information content (AvgIpc) is 3.60. The van der Waals surface area contributed by atoms with Crippen molar-refractivity contribution in [3.8, 4) is 0 Å². The number of nitrogens with two attached hydrogens (primary N) is 1. The van der Waals surface area contributed by atoms with E-state index < -0.39 is 36.1 Å². The molecule has 2 aliphatic rings. The molecule has 296 valence electrons. The van der Waals surface area contributed by atoms with E-state index in [1.54, 1.807) is 13.1 Å². The Morgan fingerprint density at radius 1 is 0.945 bits per heavy atom. The minimum Gasteiger partial charge on any atom is -0.445 e. The van der Waals surface area contributed by atoms with Crippen molar-refractivity contribution in [3.05, 3.63) is 90.3 Å². The van der Waals surface area contributed by atoms with Crippen LogP contribution in [-0.2, 0) is 30.5 Å². The lowest BCUT2D eigenvalue weighted by Crippen LogP contribution is -2.56. The molecular weight excluding hydrogens is 702 g/mol. The van der Waals surface area contributed by atoms with Crippen molar-refractivity contribution >= 4 is 40.3 Å². The van der Waals surface area contributed by atoms with Gasteiger partial charge in [0.1, 0.15) is 19.3 Å². The van der Waals surface area contributed by atoms with Crippen LogP contribution in [0.3, 0.4) is 0 Å². The fraction of sp³-hybridized carbons (Fsp3) is 0.463. The zero-order chi connectivity index (χ0) is 39.3. The molecule has 14 heteroatoms. The summed E-state index contributed by atoms with van der Waals surface area (Å²) >= 11 is 0. The van der Waals surface area contributed by atoms with Gasteiger partial charge in [-0.15, -0.1) is 0 Å². The van der Waals surface area contributed by atoms with Gasteiger partial charge in [0.25, 0.3) is 5.91 Å². The van der Waals surface area contributed by atoms with Crippen LogP contribution >= 0.6 is 0 Å². The zero-order valence-electron chi connectivity index (χ0n) is 32.1. The molecule has 2 aliphatic heterocycles. The number of morpholine rings is 1. The van der Waals surface area contributed by atoms with Crippen LogP contribution in [0.2, 0.25) is 0 Å². The van der Waals surface area contributed by atoms with Crippen molar-refractivity contribution in [3.63, 3.8) is 0 Å². The quantitative estimate of drug-likeness (QED) is 0.158. The van der Waals surface area contributed by atoms with E-state index in [0.717, 1.165) is 28.4 Å². The number of aliphatic hydroxyl groups is 1. The van der Waals surface area contributed by atoms with Crippen molar-refractivity contribution in [2.75, 3.05) is 51.0 Å². The molecule has 3 aromatic rings. The van der Waals surface area contributed by atoms with Crippen LogP contribution in [0, 0.1) is 5.92 Å². The molecule has 5 N–H and O–H groups in total. The number of carbonyl (C=O) groups is 4. The molecule has 0 saturated carbocycles. The van der Waals surface area contributed by atoms with E-state index in [1.165, 1.54) is 9.91 Å². The third-order valence-electron chi connectivity index (χ3n) is 9.69. The van der Waals surface area contributed by atoms with Crippen molar-refractivity contribution in [1.29, 1.82) is 0 Å². The molecule has 0 aromatic heterocycles. The molecule has 14 nitrogen and oxygen atoms in total. The number of ether oxygens (including phenoxy) is 2. The average molecular weight is 758 g/mol. The predicted molar refractivity (Wildman–Crippen MR) is 210 cm³/mol. The molecule has 0 unspecified atom stereocenters. The fourth-order valence-electron chi connectivity index (χ4n) is 6.55. The second kappa shape index (κ2) is 20.1. The van der Waals surface area contributed by atoms with Gasteiger partial charge in [0, 0.05) is 43.3 Å². The van der Waals surface area contributed by atoms with Gasteiger partial charge in [-0.3, -0.25) is 34.6 Å². The second-order valence-electron chi connectivity index (χ2n) is 14.6. The Kier molecular flexibility index (Phi) is 15.0. The maximum absolute atomic E-state index is 14.4. The number of hydrogen-bond donors (Lipinski definition) is 4. The first-order valence-corrected chi connectivity index (χ1v) is 19.1. The molecular formula is C41H55N7O7. The van der Waals surface area contributed by atoms with E-state index in [2.05, 4.69) is 15.6 Å². The predicted octanol–water partition coefficient (Wildman–Crippen LogP) is 3.70. The standard InChI is InChI=1S/C41H55N7O7/c1-29(2)16-17-34(49)25-38(50)48(19-18-45-20-22-54-23-21-45)44-39(51)36(43-41(53)55-27-31-10-5-4-6-11-31)24-33-26-46(40(52)30(3)42)28-47(33)37-15-9-13-32-12-7-8-14-35(32)37/h4-15,26,29-30,34,36,49H,16-25,27-28,42H2,1-3H3,(H,43,53)(H,44,51)/t30-,34-,36-/m0/s1. The second-order valence-corrected chi connectivity index (χ2v) is 14.6. The van der Waals surface area contributed by atoms with E-state index in [0.29, 0.717) is 50.9 Å². The first kappa shape index (κ1) is 41.1. The molecule has 0 bridgehead atoms. The Morgan fingerprint density at radius 3 is 2.38 bits per heavy atom. The summed E-state index contributed by atoms with van der Waals surface area (Å²) in [5, 5.41) is 16.6. The van der Waals surface area contributed by atoms with E-state index in [1.807, 2.05) is 91.5 Å². The molecule has 4 amide bonds. The van der Waals surface area contributed by atoms with Gasteiger partial charge >= 0.3 is 6.09 Å². The molecule has 0 radical (unpaired) electrons. The lowest BCUT2D eigenvalue weighted by Gasteiger charge is -2.32. The molecule has 3 atom stereocenters. The molecule has 2 heterocycles. The summed E-state index contributed by atoms with van der Waals surface area (Å²) in [6, 6.07) is 20.8. The summed E-state index contributed by atoms with van der Waals surface area (Å²) in [6.45, 7) is 8.92. The number of fused-ring (bicyclic) bond motifs is 1. The van der Waals surface area contributed by atoms with Gasteiger partial charge in [-0.1, -0.05) is 80.6 Å². The van der Waals surface area contributed by atoms with Gasteiger partial charge in [-0.05, 0) is 42.7 Å². The highest BCUT2D eigenvalue weighted by atomic mass is 16.5. The summed E-state index contributed by atoms with van der Waals surface area (Å²) in [5.41, 5.74) is 10.9. The summed E-state index contributed by atoms with van der Waals surface area (Å²) in [6.07, 6.45) is 0.876. The number of nitrogens with zero attached hydrogens (tertiary/aromatic N) is 4. The van der Waals surface area contributed by atoms with Gasteiger partial charge in [0.05, 0.1) is 44.0 Å². The summed E-state index contributed by atoms with van der Waals surface area (Å²) in [4.78, 5) is 60.2. The highest BCUT2D eigenvalue weighted by molar-refractivity contribution is 5.96. The normalized spacial score (nSPS) is 16.4. The van der Waals surface area contributed by atoms with Crippen molar-refractivity contribution in [1.82, 2.24) is 25.6 Å². The smallest absolute Gasteiger partial charge is 0.408 e. The molecule has 5 rings (SSSR count). The van der Waals surface area contributed by atoms with E-state index >= 15 is 0 Å². The number of alkyl carbamates (subject to hydrolysis) is 1. The van der Waals surface area contributed by atoms with Gasteiger partial charge in [-0.25, -0.2) is 4.79 Å². The van der Waals surface area contributed by atoms with Crippen LogP contribution in [-0.4, -0.2) is 108 Å². The first-order chi connectivity index (χ1) is 26.5. The Bertz CT molecular complexity index is 1780. The van der Waals surface area contributed by atoms with E-state index in [9.17, 15) is 24.3 Å². The Balaban J connectivity index is 1.43. The Hall–Kier alpha value is -5.02. The number of hydrogen-bond acceptors (Lipinski definition) is 10. The van der Waals surface area contributed by atoms with Crippen LogP contribution in [0.1, 0.15) is 52.0 Å². The molecule has 1 fully saturated rings. The van der Waals surface area contributed by atoms with Crippen molar-refractivity contribution < 1.29 is 33.8 Å². The number of hydrazine groups is 1. The number of aliphatic hydroxyl groups excluding tert-OH is 1. The highest BCUT2D eigenvalue weighted by Crippen LogP contribution is 2.34. The van der Waals surface area contributed by atoms with Crippen LogP contribution < -0.4 is 21.4 Å². The van der Waals surface area contributed by atoms with Gasteiger partial charge in [0.2, 0.25) is 11.8 Å². The molecule has 0 spiro atoms. The largest absolute Gasteiger partial charge is 0.445 e. The third kappa shape index (κ3) is 12.0. The topological polar surface area (TPSA) is 170 Å². The Morgan fingerprint density at radius 2 is 1.65 bits per heavy atom. The number of amides is 4. The number of anilines is 1. The number of carbonyl (C=O) groups excluding carboxylic acids is 4. The van der Waals surface area contributed by atoms with Crippen molar-refractivity contribution in [2.24, 2.45) is 11.7 Å². The van der Waals surface area contributed by atoms with Gasteiger partial charge in [-0.2, -0.15) is 0 Å². The minimum atomic E-state index is -1.25. The summed E-state index contributed by atoms with van der Waals surface area (Å²) in [5.74, 6) is -1.07. The number of benzene rings is 3. The van der Waals surface area contributed by atoms with Crippen LogP contribution in [0.25, 0.3) is 10.8 Å². The highest BCUT2D eigenvalue weighted by Gasteiger charge is 2.34. The minimum absolute atomic E-state index is 0.0269. The van der Waals surface area contributed by atoms with Crippen LogP contribution in [0.4, 0.5) is 10.5 Å². The summed E-state index contributed by atoms with van der Waals surface area (Å²) in [7, 11) is 0. The molecule has 1 saturated heterocycles. The van der Waals surface area contributed by atoms with Gasteiger partial charge < -0.3 is 30.5 Å². The molecule has 3 aromatic carbocycles. The fourth-order valence-corrected chi connectivity index (χ4v) is 6.55. The number of nitrogens with one attached hydrogen (secondary N) is 2. The maximum Gasteiger partial charge on any atom is 0.408 e. The van der Waals surface area contributed by atoms with E-state index in [-0.39, 0.29) is 38.6 Å². The van der Waals surface area contributed by atoms with Crippen LogP contribution in [0.5, 0.6) is 0 Å². The molecule has 55 heavy (non-hydrogen) atoms. The monoisotopic (exact) mass is 757 g/mol. The maximum atomic E-state index is 14.4. The SMILES string of the molecule is CC(C)CC[C@H](O)CC(=O)N(CCN1CCOCC1)NC(=O)[C@H](CC1=CN(C(=O)[C@H](C)N)CN1c1cccc2ccccc12)NC(=O)OCc1ccccc1. The first-order valence-electron chi connectivity index (χ1n) is 19.1. The molecule has 0 aliphatic carbocycles. The van der Waals surface area contributed by atoms with Crippen molar-refractivity contribution in [2.45, 2.75) is 71.2 Å². The third-order valence-corrected chi connectivity index (χ3v) is 9.69. The van der Waals surface area contributed by atoms with Gasteiger partial charge in [0.15, 0.2) is 0 Å². The Labute approximate surface area is 323 Å². The lowest BCUT2D eigenvalue weighted by molar-refractivity contribution is -0.144. The van der Waals surface area contributed by atoms with Crippen LogP contribution in [0.15, 0.2) is 84.7 Å². The number of rotatable bonds is 16. The zero-order valence-corrected chi connectivity index (χ0v) is 32.1.